The van der Waals surface area contributed by atoms with Gasteiger partial charge in [0.25, 0.3) is 0 Å². The topological polar surface area (TPSA) is 111 Å². The zero-order valence-corrected chi connectivity index (χ0v) is 15.5. The quantitative estimate of drug-likeness (QED) is 0.698. The van der Waals surface area contributed by atoms with E-state index >= 15 is 0 Å². The van der Waals surface area contributed by atoms with Gasteiger partial charge in [-0.3, -0.25) is 0 Å². The molecule has 0 unspecified atom stereocenters. The van der Waals surface area contributed by atoms with Crippen molar-refractivity contribution in [3.63, 3.8) is 0 Å². The number of hydrogen-bond donors (Lipinski definition) is 3. The van der Waals surface area contributed by atoms with Crippen LogP contribution in [0.3, 0.4) is 0 Å². The van der Waals surface area contributed by atoms with Crippen molar-refractivity contribution in [1.29, 1.82) is 0 Å². The molecular weight excluding hydrogens is 367 g/mol. The van der Waals surface area contributed by atoms with Crippen LogP contribution in [0.4, 0.5) is 4.39 Å². The minimum Gasteiger partial charge on any atom is -0.324 e. The molecule has 0 fully saturated rings. The van der Waals surface area contributed by atoms with Gasteiger partial charge in [0.05, 0.1) is 4.90 Å². The van der Waals surface area contributed by atoms with Crippen LogP contribution in [0, 0.1) is 0 Å². The molecule has 1 aromatic heterocycles. The van der Waals surface area contributed by atoms with E-state index < -0.39 is 15.7 Å². The highest BCUT2D eigenvalue weighted by molar-refractivity contribution is 7.89. The summed E-state index contributed by atoms with van der Waals surface area (Å²) in [4.78, 5) is 4.05. The first-order valence-corrected chi connectivity index (χ1v) is 9.67. The molecule has 5 N–H and O–H groups in total. The summed E-state index contributed by atoms with van der Waals surface area (Å²) in [6, 6.07) is 2.32. The zero-order chi connectivity index (χ0) is 18.6. The largest absolute Gasteiger partial charge is 0.324 e. The Hall–Kier alpha value is -1.32. The lowest BCUT2D eigenvalue weighted by Gasteiger charge is -2.18. The summed E-state index contributed by atoms with van der Waals surface area (Å²) in [7, 11) is -3.97. The maximum Gasteiger partial charge on any atom is 0.241 e. The molecular formula is C16H20ClFN4O2S. The summed E-state index contributed by atoms with van der Waals surface area (Å²) in [5.74, 6) is 0. The highest BCUT2D eigenvalue weighted by Crippen LogP contribution is 2.42. The van der Waals surface area contributed by atoms with E-state index in [0.29, 0.717) is 22.8 Å². The number of nitrogens with zero attached hydrogens (tertiary/aromatic N) is 1. The molecule has 6 nitrogen and oxygen atoms in total. The predicted molar refractivity (Wildman–Crippen MR) is 95.6 cm³/mol. The van der Waals surface area contributed by atoms with E-state index in [-0.39, 0.29) is 28.7 Å². The third-order valence-electron chi connectivity index (χ3n) is 4.27. The number of alkyl halides is 1. The second kappa shape index (κ2) is 6.14. The summed E-state index contributed by atoms with van der Waals surface area (Å²) in [6.07, 6.45) is 2.02. The highest BCUT2D eigenvalue weighted by atomic mass is 35.5. The summed E-state index contributed by atoms with van der Waals surface area (Å²) in [5, 5.41) is 1.15. The predicted octanol–water partition coefficient (Wildman–Crippen LogP) is 2.32. The van der Waals surface area contributed by atoms with Crippen molar-refractivity contribution in [2.45, 2.75) is 42.9 Å². The van der Waals surface area contributed by atoms with Gasteiger partial charge in [-0.1, -0.05) is 11.6 Å². The molecule has 0 saturated carbocycles. The number of fused-ring (bicyclic) bond motifs is 3. The highest BCUT2D eigenvalue weighted by Gasteiger charge is 2.32. The third kappa shape index (κ3) is 3.50. The molecule has 136 valence electrons. The Morgan fingerprint density at radius 3 is 2.64 bits per heavy atom. The lowest BCUT2D eigenvalue weighted by atomic mass is 10.0. The fraction of sp³-hybridized carbons (Fsp3) is 0.438. The Labute approximate surface area is 150 Å². The summed E-state index contributed by atoms with van der Waals surface area (Å²) >= 11 is 5.96. The van der Waals surface area contributed by atoms with E-state index in [1.54, 1.807) is 0 Å². The van der Waals surface area contributed by atoms with Gasteiger partial charge in [0, 0.05) is 35.6 Å². The fourth-order valence-corrected chi connectivity index (χ4v) is 4.69. The van der Waals surface area contributed by atoms with Gasteiger partial charge in [0.2, 0.25) is 10.0 Å². The number of hydrogen-bond acceptors (Lipinski definition) is 5. The van der Waals surface area contributed by atoms with Crippen molar-refractivity contribution in [2.75, 3.05) is 6.54 Å². The van der Waals surface area contributed by atoms with Crippen LogP contribution in [-0.4, -0.2) is 25.6 Å². The SMILES string of the molecule is CC(C)(F)CNS(=O)(=O)c1cc2c(c3cnc(Cl)cc13)[C@H](N)C[C@H]2N. The molecule has 1 aromatic carbocycles. The smallest absolute Gasteiger partial charge is 0.241 e. The van der Waals surface area contributed by atoms with E-state index in [4.69, 9.17) is 23.1 Å². The summed E-state index contributed by atoms with van der Waals surface area (Å²) in [6.45, 7) is 2.25. The molecule has 0 amide bonds. The number of pyridine rings is 1. The second-order valence-corrected chi connectivity index (χ2v) is 9.04. The lowest BCUT2D eigenvalue weighted by Crippen LogP contribution is -2.35. The van der Waals surface area contributed by atoms with Crippen molar-refractivity contribution in [2.24, 2.45) is 11.5 Å². The van der Waals surface area contributed by atoms with Crippen molar-refractivity contribution in [3.05, 3.63) is 34.6 Å². The number of aromatic nitrogens is 1. The van der Waals surface area contributed by atoms with Gasteiger partial charge in [0.15, 0.2) is 0 Å². The minimum atomic E-state index is -3.97. The maximum absolute atomic E-state index is 13.8. The van der Waals surface area contributed by atoms with E-state index in [2.05, 4.69) is 9.71 Å². The van der Waals surface area contributed by atoms with Gasteiger partial charge >= 0.3 is 0 Å². The molecule has 2 aromatic rings. The molecule has 1 aliphatic rings. The number of rotatable bonds is 4. The fourth-order valence-electron chi connectivity index (χ4n) is 3.11. The van der Waals surface area contributed by atoms with Crippen LogP contribution in [0.1, 0.15) is 43.5 Å². The van der Waals surface area contributed by atoms with Crippen LogP contribution in [-0.2, 0) is 10.0 Å². The normalized spacial score (nSPS) is 20.9. The summed E-state index contributed by atoms with van der Waals surface area (Å²) in [5.41, 5.74) is 12.0. The van der Waals surface area contributed by atoms with Gasteiger partial charge in [-0.25, -0.2) is 22.5 Å². The van der Waals surface area contributed by atoms with E-state index in [9.17, 15) is 12.8 Å². The Bertz CT molecular complexity index is 943. The van der Waals surface area contributed by atoms with Crippen molar-refractivity contribution in [3.8, 4) is 0 Å². The second-order valence-electron chi connectivity index (χ2n) is 6.92. The lowest BCUT2D eigenvalue weighted by molar-refractivity contribution is 0.221. The Kier molecular flexibility index (Phi) is 4.53. The maximum atomic E-state index is 13.8. The third-order valence-corrected chi connectivity index (χ3v) is 5.92. The van der Waals surface area contributed by atoms with Crippen LogP contribution >= 0.6 is 11.6 Å². The molecule has 1 aliphatic carbocycles. The summed E-state index contributed by atoms with van der Waals surface area (Å²) < 4.78 is 41.6. The molecule has 0 radical (unpaired) electrons. The number of nitrogens with one attached hydrogen (secondary N) is 1. The van der Waals surface area contributed by atoms with Gasteiger partial charge in [-0.05, 0) is 43.5 Å². The first-order chi connectivity index (χ1) is 11.5. The Morgan fingerprint density at radius 2 is 2.00 bits per heavy atom. The van der Waals surface area contributed by atoms with Crippen LogP contribution < -0.4 is 16.2 Å². The molecule has 25 heavy (non-hydrogen) atoms. The Balaban J connectivity index is 2.24. The van der Waals surface area contributed by atoms with Crippen molar-refractivity contribution in [1.82, 2.24) is 9.71 Å². The standard InChI is InChI=1S/C16H20ClFN4O2S/c1-16(2,18)7-22-25(23,24)13-3-9-11(19)5-12(20)15(9)10-6-21-14(17)4-8(10)13/h3-4,6,11-12,22H,5,7,19-20H2,1-2H3/t11-,12-/m1/s1. The first-order valence-electron chi connectivity index (χ1n) is 7.81. The van der Waals surface area contributed by atoms with E-state index in [1.807, 2.05) is 0 Å². The molecule has 1 heterocycles. The van der Waals surface area contributed by atoms with Crippen LogP contribution in [0.5, 0.6) is 0 Å². The molecule has 0 spiro atoms. The van der Waals surface area contributed by atoms with Crippen LogP contribution in [0.15, 0.2) is 23.2 Å². The average molecular weight is 387 g/mol. The van der Waals surface area contributed by atoms with Gasteiger partial charge in [-0.15, -0.1) is 0 Å². The molecule has 0 bridgehead atoms. The Morgan fingerprint density at radius 1 is 1.32 bits per heavy atom. The van der Waals surface area contributed by atoms with Crippen LogP contribution in [0.2, 0.25) is 5.15 Å². The monoisotopic (exact) mass is 386 g/mol. The molecule has 0 aliphatic heterocycles. The number of halogens is 2. The average Bonchev–Trinajstić information content (AvgIpc) is 2.78. The minimum absolute atomic E-state index is 0.000602. The van der Waals surface area contributed by atoms with E-state index in [0.717, 1.165) is 5.56 Å². The van der Waals surface area contributed by atoms with E-state index in [1.165, 1.54) is 32.2 Å². The number of sulfonamides is 1. The number of nitrogens with two attached hydrogens (primary N) is 2. The van der Waals surface area contributed by atoms with Gasteiger partial charge in [0.1, 0.15) is 10.8 Å². The molecule has 9 heteroatoms. The zero-order valence-electron chi connectivity index (χ0n) is 13.9. The van der Waals surface area contributed by atoms with Crippen molar-refractivity contribution >= 4 is 32.4 Å². The molecule has 0 saturated heterocycles. The number of benzene rings is 1. The van der Waals surface area contributed by atoms with Crippen molar-refractivity contribution < 1.29 is 12.8 Å². The van der Waals surface area contributed by atoms with Gasteiger partial charge in [-0.2, -0.15) is 0 Å². The van der Waals surface area contributed by atoms with Crippen LogP contribution in [0.25, 0.3) is 10.8 Å². The molecule has 3 rings (SSSR count). The van der Waals surface area contributed by atoms with Gasteiger partial charge < -0.3 is 11.5 Å². The first kappa shape index (κ1) is 18.5. The molecule has 2 atom stereocenters.